The molecule has 1 N–H and O–H groups in total. The van der Waals surface area contributed by atoms with Gasteiger partial charge in [-0.15, -0.1) is 0 Å². The third-order valence-corrected chi connectivity index (χ3v) is 3.52. The highest BCUT2D eigenvalue weighted by Gasteiger charge is 2.17. The summed E-state index contributed by atoms with van der Waals surface area (Å²) in [5.41, 5.74) is 1.07. The molecule has 110 valence electrons. The Balaban J connectivity index is 1.56. The molecule has 2 heterocycles. The molecule has 1 atom stereocenters. The largest absolute Gasteiger partial charge is 0.486 e. The van der Waals surface area contributed by atoms with Crippen molar-refractivity contribution in [3.63, 3.8) is 0 Å². The second-order valence-corrected chi connectivity index (χ2v) is 5.21. The Hall–Kier alpha value is -1.01. The lowest BCUT2D eigenvalue weighted by Crippen LogP contribution is -2.37. The van der Waals surface area contributed by atoms with Crippen LogP contribution in [0.1, 0.15) is 5.56 Å². The fraction of sp³-hybridized carbons (Fsp3) is 0.571. The van der Waals surface area contributed by atoms with Crippen LogP contribution in [0.25, 0.3) is 0 Å². The van der Waals surface area contributed by atoms with E-state index in [0.717, 1.165) is 17.9 Å². The molecule has 1 fully saturated rings. The van der Waals surface area contributed by atoms with Crippen LogP contribution in [-0.4, -0.2) is 45.7 Å². The Bertz CT molecular complexity index is 463. The van der Waals surface area contributed by atoms with Crippen LogP contribution in [0.3, 0.4) is 0 Å². The van der Waals surface area contributed by atoms with Gasteiger partial charge in [0.15, 0.2) is 11.5 Å². The van der Waals surface area contributed by atoms with E-state index in [0.29, 0.717) is 50.4 Å². The minimum Gasteiger partial charge on any atom is -0.486 e. The van der Waals surface area contributed by atoms with Gasteiger partial charge >= 0.3 is 0 Å². The Morgan fingerprint density at radius 3 is 2.90 bits per heavy atom. The van der Waals surface area contributed by atoms with E-state index >= 15 is 0 Å². The number of rotatable bonds is 4. The quantitative estimate of drug-likeness (QED) is 0.915. The van der Waals surface area contributed by atoms with Gasteiger partial charge in [0.25, 0.3) is 0 Å². The molecule has 1 unspecified atom stereocenters. The number of nitrogens with one attached hydrogen (secondary N) is 1. The predicted molar refractivity (Wildman–Crippen MR) is 74.7 cm³/mol. The molecular weight excluding hydrogens is 282 g/mol. The summed E-state index contributed by atoms with van der Waals surface area (Å²) in [6.07, 6.45) is 0.122. The van der Waals surface area contributed by atoms with Gasteiger partial charge in [-0.2, -0.15) is 0 Å². The van der Waals surface area contributed by atoms with Crippen molar-refractivity contribution in [3.05, 3.63) is 22.7 Å². The van der Waals surface area contributed by atoms with Crippen LogP contribution < -0.4 is 14.8 Å². The fourth-order valence-corrected chi connectivity index (χ4v) is 2.59. The first-order valence-electron chi connectivity index (χ1n) is 6.81. The average Bonchev–Trinajstić information content (AvgIpc) is 2.48. The van der Waals surface area contributed by atoms with Crippen molar-refractivity contribution in [3.8, 4) is 11.5 Å². The summed E-state index contributed by atoms with van der Waals surface area (Å²) >= 11 is 6.20. The van der Waals surface area contributed by atoms with Gasteiger partial charge in [-0.1, -0.05) is 11.6 Å². The number of hydrogen-bond donors (Lipinski definition) is 1. The molecule has 0 amide bonds. The maximum absolute atomic E-state index is 6.20. The first-order chi connectivity index (χ1) is 9.83. The summed E-state index contributed by atoms with van der Waals surface area (Å²) in [7, 11) is 0. The number of hydrogen-bond acceptors (Lipinski definition) is 5. The maximum Gasteiger partial charge on any atom is 0.179 e. The minimum atomic E-state index is 0.122. The third kappa shape index (κ3) is 3.35. The normalized spacial score (nSPS) is 21.8. The standard InChI is InChI=1S/C14H18ClNO4/c15-12-5-10(6-13-14(12)20-4-3-19-13)7-16-8-11-9-17-1-2-18-11/h5-6,11,16H,1-4,7-9H2. The van der Waals surface area contributed by atoms with E-state index in [1.807, 2.05) is 12.1 Å². The first-order valence-corrected chi connectivity index (χ1v) is 7.19. The molecule has 0 radical (unpaired) electrons. The highest BCUT2D eigenvalue weighted by atomic mass is 35.5. The second kappa shape index (κ2) is 6.63. The summed E-state index contributed by atoms with van der Waals surface area (Å²) < 4.78 is 22.0. The molecule has 1 aromatic carbocycles. The van der Waals surface area contributed by atoms with E-state index in [2.05, 4.69) is 5.32 Å². The molecule has 0 spiro atoms. The monoisotopic (exact) mass is 299 g/mol. The Labute approximate surface area is 123 Å². The van der Waals surface area contributed by atoms with Crippen LogP contribution in [0.5, 0.6) is 11.5 Å². The molecule has 5 nitrogen and oxygen atoms in total. The van der Waals surface area contributed by atoms with Crippen molar-refractivity contribution in [1.29, 1.82) is 0 Å². The lowest BCUT2D eigenvalue weighted by atomic mass is 10.2. The van der Waals surface area contributed by atoms with Crippen molar-refractivity contribution >= 4 is 11.6 Å². The molecule has 1 aromatic rings. The van der Waals surface area contributed by atoms with Gasteiger partial charge in [-0.05, 0) is 17.7 Å². The highest BCUT2D eigenvalue weighted by molar-refractivity contribution is 6.32. The van der Waals surface area contributed by atoms with E-state index in [4.69, 9.17) is 30.5 Å². The molecule has 0 saturated carbocycles. The van der Waals surface area contributed by atoms with Crippen LogP contribution in [0, 0.1) is 0 Å². The van der Waals surface area contributed by atoms with E-state index in [-0.39, 0.29) is 6.10 Å². The summed E-state index contributed by atoms with van der Waals surface area (Å²) in [5, 5.41) is 3.94. The van der Waals surface area contributed by atoms with Gasteiger partial charge < -0.3 is 24.3 Å². The van der Waals surface area contributed by atoms with Crippen molar-refractivity contribution in [2.45, 2.75) is 12.6 Å². The van der Waals surface area contributed by atoms with Gasteiger partial charge in [-0.3, -0.25) is 0 Å². The van der Waals surface area contributed by atoms with Gasteiger partial charge in [0.2, 0.25) is 0 Å². The zero-order chi connectivity index (χ0) is 13.8. The molecule has 0 aliphatic carbocycles. The molecule has 3 rings (SSSR count). The number of benzene rings is 1. The molecule has 0 aromatic heterocycles. The second-order valence-electron chi connectivity index (χ2n) is 4.80. The molecular formula is C14H18ClNO4. The lowest BCUT2D eigenvalue weighted by Gasteiger charge is -2.23. The highest BCUT2D eigenvalue weighted by Crippen LogP contribution is 2.38. The van der Waals surface area contributed by atoms with Crippen molar-refractivity contribution < 1.29 is 18.9 Å². The maximum atomic E-state index is 6.20. The fourth-order valence-electron chi connectivity index (χ4n) is 2.30. The molecule has 2 aliphatic heterocycles. The van der Waals surface area contributed by atoms with Gasteiger partial charge in [-0.25, -0.2) is 0 Å². The zero-order valence-electron chi connectivity index (χ0n) is 11.2. The molecule has 0 bridgehead atoms. The zero-order valence-corrected chi connectivity index (χ0v) is 11.9. The van der Waals surface area contributed by atoms with Crippen LogP contribution in [0.15, 0.2) is 12.1 Å². The van der Waals surface area contributed by atoms with Gasteiger partial charge in [0, 0.05) is 13.1 Å². The minimum absolute atomic E-state index is 0.122. The van der Waals surface area contributed by atoms with Crippen LogP contribution >= 0.6 is 11.6 Å². The predicted octanol–water partition coefficient (Wildman–Crippen LogP) is 1.62. The number of halogens is 1. The SMILES string of the molecule is Clc1cc(CNCC2COCCO2)cc2c1OCCO2. The van der Waals surface area contributed by atoms with Crippen molar-refractivity contribution in [2.24, 2.45) is 0 Å². The average molecular weight is 300 g/mol. The molecule has 6 heteroatoms. The van der Waals surface area contributed by atoms with Crippen LogP contribution in [0.2, 0.25) is 5.02 Å². The van der Waals surface area contributed by atoms with Crippen LogP contribution in [-0.2, 0) is 16.0 Å². The van der Waals surface area contributed by atoms with Crippen molar-refractivity contribution in [2.75, 3.05) is 39.6 Å². The van der Waals surface area contributed by atoms with E-state index in [9.17, 15) is 0 Å². The van der Waals surface area contributed by atoms with E-state index in [1.54, 1.807) is 0 Å². The molecule has 1 saturated heterocycles. The Morgan fingerprint density at radius 2 is 2.05 bits per heavy atom. The van der Waals surface area contributed by atoms with Crippen molar-refractivity contribution in [1.82, 2.24) is 5.32 Å². The van der Waals surface area contributed by atoms with Crippen LogP contribution in [0.4, 0.5) is 0 Å². The summed E-state index contributed by atoms with van der Waals surface area (Å²) in [6.45, 7) is 4.57. The Morgan fingerprint density at radius 1 is 1.15 bits per heavy atom. The molecule has 20 heavy (non-hydrogen) atoms. The summed E-state index contributed by atoms with van der Waals surface area (Å²) in [6, 6.07) is 3.87. The molecule has 2 aliphatic rings. The first kappa shape index (κ1) is 13.9. The third-order valence-electron chi connectivity index (χ3n) is 3.24. The van der Waals surface area contributed by atoms with E-state index in [1.165, 1.54) is 0 Å². The summed E-state index contributed by atoms with van der Waals surface area (Å²) in [4.78, 5) is 0. The number of fused-ring (bicyclic) bond motifs is 1. The summed E-state index contributed by atoms with van der Waals surface area (Å²) in [5.74, 6) is 1.36. The topological polar surface area (TPSA) is 49.0 Å². The van der Waals surface area contributed by atoms with Gasteiger partial charge in [0.05, 0.1) is 30.9 Å². The smallest absolute Gasteiger partial charge is 0.179 e. The number of ether oxygens (including phenoxy) is 4. The van der Waals surface area contributed by atoms with Gasteiger partial charge in [0.1, 0.15) is 13.2 Å². The van der Waals surface area contributed by atoms with E-state index < -0.39 is 0 Å². The lowest BCUT2D eigenvalue weighted by molar-refractivity contribution is -0.0864. The Kier molecular flexibility index (Phi) is 4.62.